The predicted molar refractivity (Wildman–Crippen MR) is 53.1 cm³/mol. The number of carbonyl (C=O) groups excluding carboxylic acids is 1. The molecule has 0 fully saturated rings. The van der Waals surface area contributed by atoms with Gasteiger partial charge in [-0.1, -0.05) is 17.4 Å². The van der Waals surface area contributed by atoms with Gasteiger partial charge >= 0.3 is 6.18 Å². The predicted octanol–water partition coefficient (Wildman–Crippen LogP) is 2.24. The number of hydrogen-bond donors (Lipinski definition) is 0. The number of rotatable bonds is 1. The molecule has 0 saturated carbocycles. The lowest BCUT2D eigenvalue weighted by Gasteiger charge is -2.13. The molecule has 0 atom stereocenters. The SMILES string of the molecule is O=C(C1=C([O-])c2c(F)cc(Cl)cc2C1)C(F)(F)F. The first-order valence-electron chi connectivity index (χ1n) is 4.71. The van der Waals surface area contributed by atoms with Gasteiger partial charge in [0.1, 0.15) is 5.82 Å². The lowest BCUT2D eigenvalue weighted by molar-refractivity contribution is -0.245. The van der Waals surface area contributed by atoms with E-state index in [2.05, 4.69) is 0 Å². The molecular formula is C11H4ClF4O2-. The normalized spacial score (nSPS) is 14.9. The Balaban J connectivity index is 2.52. The van der Waals surface area contributed by atoms with Gasteiger partial charge in [0.15, 0.2) is 0 Å². The molecule has 1 aliphatic rings. The minimum Gasteiger partial charge on any atom is -0.872 e. The Bertz CT molecular complexity index is 575. The van der Waals surface area contributed by atoms with Crippen LogP contribution in [0.15, 0.2) is 17.7 Å². The molecule has 1 aliphatic carbocycles. The zero-order valence-electron chi connectivity index (χ0n) is 8.57. The number of hydrogen-bond acceptors (Lipinski definition) is 2. The van der Waals surface area contributed by atoms with E-state index in [-0.39, 0.29) is 10.6 Å². The third kappa shape index (κ3) is 1.96. The fourth-order valence-electron chi connectivity index (χ4n) is 1.80. The lowest BCUT2D eigenvalue weighted by Crippen LogP contribution is -2.26. The van der Waals surface area contributed by atoms with Crippen molar-refractivity contribution in [1.29, 1.82) is 0 Å². The Morgan fingerprint density at radius 1 is 1.33 bits per heavy atom. The van der Waals surface area contributed by atoms with Crippen molar-refractivity contribution < 1.29 is 27.5 Å². The van der Waals surface area contributed by atoms with Gasteiger partial charge in [0.25, 0.3) is 5.78 Å². The van der Waals surface area contributed by atoms with E-state index < -0.39 is 41.1 Å². The third-order valence-corrected chi connectivity index (χ3v) is 2.75. The third-order valence-electron chi connectivity index (χ3n) is 2.54. The van der Waals surface area contributed by atoms with Crippen molar-refractivity contribution in [1.82, 2.24) is 0 Å². The number of ketones is 1. The van der Waals surface area contributed by atoms with Crippen LogP contribution in [-0.4, -0.2) is 12.0 Å². The van der Waals surface area contributed by atoms with Crippen LogP contribution in [0.1, 0.15) is 11.1 Å². The molecule has 0 radical (unpaired) electrons. The van der Waals surface area contributed by atoms with Gasteiger partial charge in [-0.05, 0) is 17.7 Å². The summed E-state index contributed by atoms with van der Waals surface area (Å²) in [5.74, 6) is -4.48. The highest BCUT2D eigenvalue weighted by molar-refractivity contribution is 6.30. The highest BCUT2D eigenvalue weighted by atomic mass is 35.5. The Labute approximate surface area is 103 Å². The Morgan fingerprint density at radius 3 is 2.50 bits per heavy atom. The number of fused-ring (bicyclic) bond motifs is 1. The standard InChI is InChI=1S/C11H5ClF4O2/c12-5-1-4-2-6(10(18)11(14,15)16)9(17)8(4)7(13)3-5/h1,3,17H,2H2/p-1. The second-order valence-electron chi connectivity index (χ2n) is 3.73. The molecule has 0 amide bonds. The molecule has 0 aliphatic heterocycles. The molecule has 0 spiro atoms. The zero-order chi connectivity index (χ0) is 13.7. The van der Waals surface area contributed by atoms with E-state index in [1.165, 1.54) is 6.07 Å². The van der Waals surface area contributed by atoms with Crippen LogP contribution in [0.5, 0.6) is 0 Å². The monoisotopic (exact) mass is 279 g/mol. The quantitative estimate of drug-likeness (QED) is 0.740. The number of carbonyl (C=O) groups is 1. The molecule has 7 heteroatoms. The molecule has 2 nitrogen and oxygen atoms in total. The van der Waals surface area contributed by atoms with Gasteiger partial charge in [0.05, 0.1) is 0 Å². The van der Waals surface area contributed by atoms with E-state index in [4.69, 9.17) is 11.6 Å². The smallest absolute Gasteiger partial charge is 0.454 e. The summed E-state index contributed by atoms with van der Waals surface area (Å²) in [5, 5.41) is 11.5. The molecule has 1 aromatic rings. The maximum Gasteiger partial charge on any atom is 0.454 e. The van der Waals surface area contributed by atoms with Crippen LogP contribution in [-0.2, 0) is 11.2 Å². The molecule has 0 bridgehead atoms. The zero-order valence-corrected chi connectivity index (χ0v) is 9.32. The van der Waals surface area contributed by atoms with Crippen LogP contribution in [0.25, 0.3) is 5.76 Å². The highest BCUT2D eigenvalue weighted by Crippen LogP contribution is 2.36. The van der Waals surface area contributed by atoms with Crippen molar-refractivity contribution in [2.24, 2.45) is 0 Å². The molecule has 0 unspecified atom stereocenters. The van der Waals surface area contributed by atoms with Gasteiger partial charge in [0, 0.05) is 22.6 Å². The number of halogens is 5. The first-order valence-corrected chi connectivity index (χ1v) is 5.09. The van der Waals surface area contributed by atoms with Crippen LogP contribution in [0, 0.1) is 5.82 Å². The van der Waals surface area contributed by atoms with E-state index in [9.17, 15) is 27.5 Å². The second kappa shape index (κ2) is 3.98. The molecule has 96 valence electrons. The summed E-state index contributed by atoms with van der Waals surface area (Å²) in [5.41, 5.74) is -1.48. The van der Waals surface area contributed by atoms with Crippen molar-refractivity contribution >= 4 is 23.1 Å². The number of allylic oxidation sites excluding steroid dienone is 1. The number of Topliss-reactive ketones (excluding diaryl/α,β-unsaturated/α-hetero) is 1. The summed E-state index contributed by atoms with van der Waals surface area (Å²) in [6, 6.07) is 1.99. The van der Waals surface area contributed by atoms with Crippen molar-refractivity contribution in [3.63, 3.8) is 0 Å². The largest absolute Gasteiger partial charge is 0.872 e. The van der Waals surface area contributed by atoms with Crippen molar-refractivity contribution in [3.05, 3.63) is 39.7 Å². The van der Waals surface area contributed by atoms with Crippen LogP contribution >= 0.6 is 11.6 Å². The Kier molecular flexibility index (Phi) is 2.85. The van der Waals surface area contributed by atoms with Gasteiger partial charge < -0.3 is 5.11 Å². The fourth-order valence-corrected chi connectivity index (χ4v) is 2.02. The summed E-state index contributed by atoms with van der Waals surface area (Å²) in [6.07, 6.45) is -5.70. The first kappa shape index (κ1) is 12.9. The molecule has 0 N–H and O–H groups in total. The second-order valence-corrected chi connectivity index (χ2v) is 4.17. The highest BCUT2D eigenvalue weighted by Gasteiger charge is 2.42. The summed E-state index contributed by atoms with van der Waals surface area (Å²) in [7, 11) is 0. The van der Waals surface area contributed by atoms with E-state index in [1.54, 1.807) is 0 Å². The summed E-state index contributed by atoms with van der Waals surface area (Å²) in [6.45, 7) is 0. The Hall–Kier alpha value is -1.56. The molecule has 2 rings (SSSR count). The number of benzene rings is 1. The lowest BCUT2D eigenvalue weighted by atomic mass is 10.1. The average molecular weight is 280 g/mol. The van der Waals surface area contributed by atoms with Gasteiger partial charge in [0.2, 0.25) is 0 Å². The maximum atomic E-state index is 13.4. The molecule has 0 heterocycles. The van der Waals surface area contributed by atoms with Crippen molar-refractivity contribution in [2.75, 3.05) is 0 Å². The van der Waals surface area contributed by atoms with E-state index in [0.29, 0.717) is 0 Å². The van der Waals surface area contributed by atoms with E-state index >= 15 is 0 Å². The van der Waals surface area contributed by atoms with Gasteiger partial charge in [-0.25, -0.2) is 4.39 Å². The molecule has 0 aromatic heterocycles. The van der Waals surface area contributed by atoms with E-state index in [1.807, 2.05) is 0 Å². The maximum absolute atomic E-state index is 13.4. The average Bonchev–Trinajstić information content (AvgIpc) is 2.53. The van der Waals surface area contributed by atoms with Crippen LogP contribution in [0.2, 0.25) is 5.02 Å². The van der Waals surface area contributed by atoms with Gasteiger partial charge in [-0.2, -0.15) is 13.2 Å². The molecule has 1 aromatic carbocycles. The van der Waals surface area contributed by atoms with E-state index in [0.717, 1.165) is 6.07 Å². The number of alkyl halides is 3. The summed E-state index contributed by atoms with van der Waals surface area (Å²) in [4.78, 5) is 11.0. The van der Waals surface area contributed by atoms with Crippen LogP contribution in [0.4, 0.5) is 17.6 Å². The minimum atomic E-state index is -5.15. The topological polar surface area (TPSA) is 40.1 Å². The van der Waals surface area contributed by atoms with Crippen LogP contribution < -0.4 is 5.11 Å². The molecular weight excluding hydrogens is 276 g/mol. The van der Waals surface area contributed by atoms with Gasteiger partial charge in [-0.3, -0.25) is 4.79 Å². The summed E-state index contributed by atoms with van der Waals surface area (Å²) >= 11 is 5.53. The summed E-state index contributed by atoms with van der Waals surface area (Å²) < 4.78 is 50.1. The van der Waals surface area contributed by atoms with Gasteiger partial charge in [-0.15, -0.1) is 0 Å². The van der Waals surface area contributed by atoms with Crippen molar-refractivity contribution in [2.45, 2.75) is 12.6 Å². The van der Waals surface area contributed by atoms with Crippen molar-refractivity contribution in [3.8, 4) is 0 Å². The minimum absolute atomic E-state index is 0.00222. The fraction of sp³-hybridized carbons (Fsp3) is 0.182. The van der Waals surface area contributed by atoms with Crippen LogP contribution in [0.3, 0.4) is 0 Å². The molecule has 18 heavy (non-hydrogen) atoms. The molecule has 0 saturated heterocycles. The Morgan fingerprint density at radius 2 is 1.94 bits per heavy atom. The first-order chi connectivity index (χ1) is 8.21.